The molecule has 0 saturated heterocycles. The van der Waals surface area contributed by atoms with Gasteiger partial charge in [0, 0.05) is 23.6 Å². The highest BCUT2D eigenvalue weighted by Gasteiger charge is 2.70. The van der Waals surface area contributed by atoms with Crippen LogP contribution in [0.25, 0.3) is 5.57 Å². The second-order valence-corrected chi connectivity index (χ2v) is 10.5. The molecule has 0 heterocycles. The molecule has 2 bridgehead atoms. The number of alkyl halides is 3. The zero-order valence-electron chi connectivity index (χ0n) is 19.5. The standard InChI is InChI=1S/C26H24Cl2F3NO4/c1-14(26(29,30)31)22(15-3-6-17(27)7-4-15)23(35)32-20-9-16(5-8-19(20)28)18(10-21(33)34)24-11-25(12-24,13-24)36-2/h3-10,14,22H,11-13H2,1-2H3,(H,32,35)(H,33,34)/b18-10-/t14-,22+,24?,25?/m1/s1. The molecule has 3 aliphatic rings. The van der Waals surface area contributed by atoms with Crippen molar-refractivity contribution in [2.45, 2.75) is 43.9 Å². The minimum absolute atomic E-state index is 0.0943. The molecule has 2 N–H and O–H groups in total. The first-order valence-corrected chi connectivity index (χ1v) is 12.0. The van der Waals surface area contributed by atoms with E-state index in [1.165, 1.54) is 36.4 Å². The number of allylic oxidation sites excluding steroid dienone is 1. The summed E-state index contributed by atoms with van der Waals surface area (Å²) < 4.78 is 46.5. The normalized spacial score (nSPS) is 24.8. The van der Waals surface area contributed by atoms with Crippen LogP contribution in [-0.4, -0.2) is 35.9 Å². The molecular weight excluding hydrogens is 518 g/mol. The van der Waals surface area contributed by atoms with Gasteiger partial charge in [0.2, 0.25) is 5.91 Å². The first-order valence-electron chi connectivity index (χ1n) is 11.2. The maximum Gasteiger partial charge on any atom is 0.392 e. The van der Waals surface area contributed by atoms with E-state index in [0.29, 0.717) is 35.4 Å². The number of amides is 1. The van der Waals surface area contributed by atoms with Gasteiger partial charge in [-0.05, 0) is 60.2 Å². The van der Waals surface area contributed by atoms with E-state index in [-0.39, 0.29) is 27.3 Å². The van der Waals surface area contributed by atoms with Crippen LogP contribution in [0.15, 0.2) is 48.5 Å². The zero-order chi connectivity index (χ0) is 26.5. The maximum atomic E-state index is 13.7. The van der Waals surface area contributed by atoms with Crippen LogP contribution in [0.3, 0.4) is 0 Å². The van der Waals surface area contributed by atoms with Crippen molar-refractivity contribution in [3.05, 3.63) is 69.7 Å². The van der Waals surface area contributed by atoms with Crippen LogP contribution >= 0.6 is 23.2 Å². The molecule has 2 aromatic carbocycles. The molecule has 0 aliphatic heterocycles. The van der Waals surface area contributed by atoms with Gasteiger partial charge in [-0.1, -0.05) is 48.3 Å². The number of ether oxygens (including phenoxy) is 1. The van der Waals surface area contributed by atoms with Crippen molar-refractivity contribution in [1.29, 1.82) is 0 Å². The third-order valence-electron chi connectivity index (χ3n) is 7.32. The lowest BCUT2D eigenvalue weighted by Gasteiger charge is -2.70. The molecule has 3 fully saturated rings. The highest BCUT2D eigenvalue weighted by molar-refractivity contribution is 6.34. The van der Waals surface area contributed by atoms with Gasteiger partial charge in [0.05, 0.1) is 28.1 Å². The number of rotatable bonds is 8. The molecule has 10 heteroatoms. The van der Waals surface area contributed by atoms with E-state index < -0.39 is 29.9 Å². The minimum Gasteiger partial charge on any atom is -0.478 e. The Hall–Kier alpha value is -2.55. The minimum atomic E-state index is -4.63. The summed E-state index contributed by atoms with van der Waals surface area (Å²) >= 11 is 12.2. The molecule has 36 heavy (non-hydrogen) atoms. The Labute approximate surface area is 216 Å². The third kappa shape index (κ3) is 4.86. The van der Waals surface area contributed by atoms with E-state index in [9.17, 15) is 27.9 Å². The number of carbonyl (C=O) groups excluding carboxylic acids is 1. The summed E-state index contributed by atoms with van der Waals surface area (Å²) in [5, 5.41) is 12.5. The monoisotopic (exact) mass is 541 g/mol. The zero-order valence-corrected chi connectivity index (χ0v) is 21.0. The van der Waals surface area contributed by atoms with Crippen LogP contribution in [0.4, 0.5) is 18.9 Å². The van der Waals surface area contributed by atoms with Crippen molar-refractivity contribution in [1.82, 2.24) is 0 Å². The Morgan fingerprint density at radius 3 is 2.25 bits per heavy atom. The molecule has 5 rings (SSSR count). The molecule has 5 nitrogen and oxygen atoms in total. The Morgan fingerprint density at radius 1 is 1.11 bits per heavy atom. The fourth-order valence-corrected chi connectivity index (χ4v) is 5.68. The number of anilines is 1. The molecule has 3 aliphatic carbocycles. The number of nitrogens with one attached hydrogen (secondary N) is 1. The van der Waals surface area contributed by atoms with E-state index in [1.807, 2.05) is 0 Å². The molecule has 1 amide bonds. The lowest BCUT2D eigenvalue weighted by atomic mass is 9.38. The number of aliphatic carboxylic acids is 1. The van der Waals surface area contributed by atoms with Crippen molar-refractivity contribution in [2.24, 2.45) is 11.3 Å². The summed E-state index contributed by atoms with van der Waals surface area (Å²) in [7, 11) is 1.62. The number of hydrogen-bond donors (Lipinski definition) is 2. The Kier molecular flexibility index (Phi) is 6.92. The Balaban J connectivity index is 1.66. The molecule has 0 spiro atoms. The second-order valence-electron chi connectivity index (χ2n) is 9.64. The van der Waals surface area contributed by atoms with E-state index in [1.54, 1.807) is 13.2 Å². The highest BCUT2D eigenvalue weighted by Crippen LogP contribution is 2.73. The van der Waals surface area contributed by atoms with Gasteiger partial charge in [0.15, 0.2) is 0 Å². The van der Waals surface area contributed by atoms with Gasteiger partial charge in [-0.25, -0.2) is 4.79 Å². The van der Waals surface area contributed by atoms with Gasteiger partial charge < -0.3 is 15.2 Å². The average molecular weight is 542 g/mol. The molecule has 2 aromatic rings. The number of halogens is 5. The number of carboxylic acids is 1. The summed E-state index contributed by atoms with van der Waals surface area (Å²) in [5.74, 6) is -5.57. The van der Waals surface area contributed by atoms with Crippen LogP contribution in [0.1, 0.15) is 43.2 Å². The van der Waals surface area contributed by atoms with E-state index in [0.717, 1.165) is 13.0 Å². The van der Waals surface area contributed by atoms with Crippen LogP contribution in [0.5, 0.6) is 0 Å². The molecule has 192 valence electrons. The first-order chi connectivity index (χ1) is 16.8. The predicted octanol–water partition coefficient (Wildman–Crippen LogP) is 6.95. The van der Waals surface area contributed by atoms with Crippen LogP contribution in [-0.2, 0) is 14.3 Å². The quantitative estimate of drug-likeness (QED) is 0.354. The summed E-state index contributed by atoms with van der Waals surface area (Å²) in [5.41, 5.74) is 0.740. The van der Waals surface area contributed by atoms with Gasteiger partial charge in [0.1, 0.15) is 0 Å². The second kappa shape index (κ2) is 9.39. The average Bonchev–Trinajstić information content (AvgIpc) is 2.73. The van der Waals surface area contributed by atoms with Crippen molar-refractivity contribution in [3.8, 4) is 0 Å². The lowest BCUT2D eigenvalue weighted by molar-refractivity contribution is -0.245. The van der Waals surface area contributed by atoms with Crippen LogP contribution < -0.4 is 5.32 Å². The number of methoxy groups -OCH3 is 1. The summed E-state index contributed by atoms with van der Waals surface area (Å²) in [6.07, 6.45) is -1.49. The van der Waals surface area contributed by atoms with Gasteiger partial charge in [-0.2, -0.15) is 13.2 Å². The smallest absolute Gasteiger partial charge is 0.392 e. The molecule has 0 aromatic heterocycles. The fraction of sp³-hybridized carbons (Fsp3) is 0.385. The number of carbonyl (C=O) groups is 2. The SMILES string of the molecule is COC12CC(/C(=C\C(=O)O)c3ccc(Cl)c(NC(=O)[C@H](c4ccc(Cl)cc4)[C@@H](C)C(F)(F)F)c3)(C1)C2. The van der Waals surface area contributed by atoms with Crippen LogP contribution in [0, 0.1) is 11.3 Å². The van der Waals surface area contributed by atoms with Crippen LogP contribution in [0.2, 0.25) is 10.0 Å². The molecular formula is C26H24Cl2F3NO4. The van der Waals surface area contributed by atoms with E-state index in [2.05, 4.69) is 5.32 Å². The van der Waals surface area contributed by atoms with E-state index >= 15 is 0 Å². The Morgan fingerprint density at radius 2 is 1.72 bits per heavy atom. The molecule has 2 atom stereocenters. The third-order valence-corrected chi connectivity index (χ3v) is 7.90. The van der Waals surface area contributed by atoms with E-state index in [4.69, 9.17) is 27.9 Å². The predicted molar refractivity (Wildman–Crippen MR) is 131 cm³/mol. The largest absolute Gasteiger partial charge is 0.478 e. The van der Waals surface area contributed by atoms with Gasteiger partial charge in [0.25, 0.3) is 0 Å². The number of hydrogen-bond acceptors (Lipinski definition) is 3. The topological polar surface area (TPSA) is 75.6 Å². The number of carboxylic acid groups (broad SMARTS) is 1. The molecule has 0 radical (unpaired) electrons. The summed E-state index contributed by atoms with van der Waals surface area (Å²) in [4.78, 5) is 24.8. The van der Waals surface area contributed by atoms with Gasteiger partial charge in [-0.3, -0.25) is 4.79 Å². The van der Waals surface area contributed by atoms with Crippen molar-refractivity contribution < 1.29 is 32.6 Å². The Bertz CT molecular complexity index is 1210. The lowest BCUT2D eigenvalue weighted by Crippen LogP contribution is -2.68. The van der Waals surface area contributed by atoms with Gasteiger partial charge >= 0.3 is 12.1 Å². The van der Waals surface area contributed by atoms with Crippen molar-refractivity contribution in [3.63, 3.8) is 0 Å². The maximum absolute atomic E-state index is 13.7. The summed E-state index contributed by atoms with van der Waals surface area (Å²) in [6, 6.07) is 10.3. The molecule has 0 unspecified atom stereocenters. The van der Waals surface area contributed by atoms with Gasteiger partial charge in [-0.15, -0.1) is 0 Å². The fourth-order valence-electron chi connectivity index (χ4n) is 5.39. The van der Waals surface area contributed by atoms with Crippen molar-refractivity contribution >= 4 is 46.3 Å². The molecule has 3 saturated carbocycles. The number of benzene rings is 2. The highest BCUT2D eigenvalue weighted by atomic mass is 35.5. The van der Waals surface area contributed by atoms with Crippen molar-refractivity contribution in [2.75, 3.05) is 12.4 Å². The first kappa shape index (κ1) is 26.5. The summed E-state index contributed by atoms with van der Waals surface area (Å²) in [6.45, 7) is 0.943.